The van der Waals surface area contributed by atoms with E-state index in [-0.39, 0.29) is 0 Å². The molecule has 3 aromatic rings. The van der Waals surface area contributed by atoms with Crippen LogP contribution in [0.15, 0.2) is 24.7 Å². The fraction of sp³-hybridized carbons (Fsp3) is 0.200. The summed E-state index contributed by atoms with van der Waals surface area (Å²) in [5, 5.41) is 8.01. The largest absolute Gasteiger partial charge is 0.335 e. The molecule has 0 aliphatic rings. The van der Waals surface area contributed by atoms with Crippen LogP contribution in [0.2, 0.25) is 0 Å². The smallest absolute Gasteiger partial charge is 0.160 e. The number of hydrogen-bond acceptors (Lipinski definition) is 5. The normalized spacial score (nSPS) is 11.1. The van der Waals surface area contributed by atoms with Gasteiger partial charge < -0.3 is 10.7 Å². The highest BCUT2D eigenvalue weighted by atomic mass is 15.4. The van der Waals surface area contributed by atoms with Crippen molar-refractivity contribution >= 4 is 11.0 Å². The first-order chi connectivity index (χ1) is 8.36. The average Bonchev–Trinajstić information content (AvgIpc) is 2.94. The lowest BCUT2D eigenvalue weighted by atomic mass is 10.4. The molecule has 0 bridgehead atoms. The molecular formula is C10H11N7. The Morgan fingerprint density at radius 1 is 1.41 bits per heavy atom. The van der Waals surface area contributed by atoms with Gasteiger partial charge in [0.1, 0.15) is 5.69 Å². The Labute approximate surface area is 96.7 Å². The van der Waals surface area contributed by atoms with E-state index in [1.807, 2.05) is 12.3 Å². The zero-order valence-corrected chi connectivity index (χ0v) is 9.04. The first kappa shape index (κ1) is 9.91. The third-order valence-electron chi connectivity index (χ3n) is 2.42. The first-order valence-electron chi connectivity index (χ1n) is 5.27. The van der Waals surface area contributed by atoms with E-state index in [4.69, 9.17) is 5.73 Å². The van der Waals surface area contributed by atoms with Gasteiger partial charge in [0.15, 0.2) is 5.82 Å². The fourth-order valence-electron chi connectivity index (χ4n) is 1.63. The molecule has 0 spiro atoms. The van der Waals surface area contributed by atoms with Crippen LogP contribution < -0.4 is 5.73 Å². The van der Waals surface area contributed by atoms with Gasteiger partial charge in [-0.25, -0.2) is 4.98 Å². The molecule has 7 nitrogen and oxygen atoms in total. The van der Waals surface area contributed by atoms with Crippen molar-refractivity contribution in [2.45, 2.75) is 6.54 Å². The second-order valence-corrected chi connectivity index (χ2v) is 3.63. The number of hydrogen-bond donors (Lipinski definition) is 2. The predicted molar refractivity (Wildman–Crippen MR) is 62.0 cm³/mol. The Morgan fingerprint density at radius 3 is 3.18 bits per heavy atom. The van der Waals surface area contributed by atoms with Crippen LogP contribution in [0.25, 0.3) is 22.6 Å². The molecule has 3 rings (SSSR count). The summed E-state index contributed by atoms with van der Waals surface area (Å²) in [6, 6.07) is 1.85. The van der Waals surface area contributed by atoms with E-state index in [2.05, 4.69) is 25.3 Å². The molecule has 3 aromatic heterocycles. The number of aromatic nitrogens is 6. The SMILES string of the molecule is NCCn1cc(-c2nc3ccncc3[nH]2)nn1. The summed E-state index contributed by atoms with van der Waals surface area (Å²) < 4.78 is 1.70. The molecule has 0 atom stereocenters. The van der Waals surface area contributed by atoms with Gasteiger partial charge in [0.2, 0.25) is 0 Å². The number of fused-ring (bicyclic) bond motifs is 1. The second kappa shape index (κ2) is 3.95. The molecule has 7 heteroatoms. The summed E-state index contributed by atoms with van der Waals surface area (Å²) in [4.78, 5) is 11.6. The molecule has 3 N–H and O–H groups in total. The van der Waals surface area contributed by atoms with Gasteiger partial charge in [0, 0.05) is 12.7 Å². The predicted octanol–water partition coefficient (Wildman–Crippen LogP) is 0.175. The second-order valence-electron chi connectivity index (χ2n) is 3.63. The quantitative estimate of drug-likeness (QED) is 0.667. The average molecular weight is 229 g/mol. The van der Waals surface area contributed by atoms with Crippen molar-refractivity contribution in [1.82, 2.24) is 29.9 Å². The van der Waals surface area contributed by atoms with Crippen molar-refractivity contribution in [3.63, 3.8) is 0 Å². The van der Waals surface area contributed by atoms with Crippen LogP contribution in [-0.4, -0.2) is 36.5 Å². The number of aromatic amines is 1. The van der Waals surface area contributed by atoms with E-state index in [1.165, 1.54) is 0 Å². The number of nitrogens with zero attached hydrogens (tertiary/aromatic N) is 5. The summed E-state index contributed by atoms with van der Waals surface area (Å²) in [7, 11) is 0. The molecule has 0 fully saturated rings. The van der Waals surface area contributed by atoms with Crippen LogP contribution in [0.5, 0.6) is 0 Å². The molecule has 17 heavy (non-hydrogen) atoms. The highest BCUT2D eigenvalue weighted by Crippen LogP contribution is 2.16. The highest BCUT2D eigenvalue weighted by molar-refractivity contribution is 5.77. The van der Waals surface area contributed by atoms with E-state index in [9.17, 15) is 0 Å². The third-order valence-corrected chi connectivity index (χ3v) is 2.42. The van der Waals surface area contributed by atoms with Crippen LogP contribution in [0.3, 0.4) is 0 Å². The Hall–Kier alpha value is -2.28. The molecule has 0 unspecified atom stereocenters. The zero-order chi connectivity index (χ0) is 11.7. The third kappa shape index (κ3) is 1.76. The van der Waals surface area contributed by atoms with Gasteiger partial charge in [0.05, 0.1) is 30.0 Å². The maximum absolute atomic E-state index is 5.45. The van der Waals surface area contributed by atoms with Crippen LogP contribution in [0.1, 0.15) is 0 Å². The lowest BCUT2D eigenvalue weighted by Gasteiger charge is -1.92. The highest BCUT2D eigenvalue weighted by Gasteiger charge is 2.08. The Bertz CT molecular complexity index is 606. The van der Waals surface area contributed by atoms with Crippen molar-refractivity contribution in [2.24, 2.45) is 5.73 Å². The van der Waals surface area contributed by atoms with E-state index in [0.29, 0.717) is 24.6 Å². The van der Waals surface area contributed by atoms with Gasteiger partial charge in [-0.1, -0.05) is 5.21 Å². The fourth-order valence-corrected chi connectivity index (χ4v) is 1.63. The topological polar surface area (TPSA) is 98.3 Å². The summed E-state index contributed by atoms with van der Waals surface area (Å²) in [6.07, 6.45) is 5.26. The molecule has 0 saturated carbocycles. The molecule has 0 saturated heterocycles. The number of rotatable bonds is 3. The van der Waals surface area contributed by atoms with Crippen molar-refractivity contribution in [3.05, 3.63) is 24.7 Å². The van der Waals surface area contributed by atoms with Gasteiger partial charge in [-0.15, -0.1) is 5.10 Å². The Balaban J connectivity index is 2.01. The monoisotopic (exact) mass is 229 g/mol. The van der Waals surface area contributed by atoms with Gasteiger partial charge >= 0.3 is 0 Å². The Morgan fingerprint density at radius 2 is 2.35 bits per heavy atom. The molecule has 0 amide bonds. The maximum Gasteiger partial charge on any atom is 0.160 e. The van der Waals surface area contributed by atoms with Crippen molar-refractivity contribution < 1.29 is 0 Å². The molecule has 0 radical (unpaired) electrons. The summed E-state index contributed by atoms with van der Waals surface area (Å²) in [6.45, 7) is 1.18. The standard InChI is InChI=1S/C10H11N7/c11-2-4-17-6-9(15-16-17)10-13-7-1-3-12-5-8(7)14-10/h1,3,5-6H,2,4,11H2,(H,13,14). The van der Waals surface area contributed by atoms with Crippen molar-refractivity contribution in [2.75, 3.05) is 6.54 Å². The first-order valence-corrected chi connectivity index (χ1v) is 5.27. The number of imidazole rings is 1. The number of pyridine rings is 1. The molecule has 0 aromatic carbocycles. The number of nitrogens with two attached hydrogens (primary N) is 1. The van der Waals surface area contributed by atoms with Crippen molar-refractivity contribution in [1.29, 1.82) is 0 Å². The molecule has 0 aliphatic carbocycles. The zero-order valence-electron chi connectivity index (χ0n) is 9.04. The lowest BCUT2D eigenvalue weighted by Crippen LogP contribution is -2.10. The van der Waals surface area contributed by atoms with E-state index in [0.717, 1.165) is 11.0 Å². The minimum absolute atomic E-state index is 0.535. The summed E-state index contributed by atoms with van der Waals surface area (Å²) in [5.41, 5.74) is 7.90. The number of H-pyrrole nitrogens is 1. The minimum Gasteiger partial charge on any atom is -0.335 e. The van der Waals surface area contributed by atoms with Gasteiger partial charge in [-0.05, 0) is 6.07 Å². The molecule has 86 valence electrons. The van der Waals surface area contributed by atoms with Gasteiger partial charge in [-0.3, -0.25) is 9.67 Å². The molecule has 0 aliphatic heterocycles. The van der Waals surface area contributed by atoms with Crippen molar-refractivity contribution in [3.8, 4) is 11.5 Å². The van der Waals surface area contributed by atoms with Crippen LogP contribution in [0, 0.1) is 0 Å². The van der Waals surface area contributed by atoms with Crippen LogP contribution in [-0.2, 0) is 6.54 Å². The summed E-state index contributed by atoms with van der Waals surface area (Å²) in [5.74, 6) is 0.691. The Kier molecular flexibility index (Phi) is 2.30. The van der Waals surface area contributed by atoms with E-state index >= 15 is 0 Å². The van der Waals surface area contributed by atoms with E-state index < -0.39 is 0 Å². The minimum atomic E-state index is 0.535. The van der Waals surface area contributed by atoms with Gasteiger partial charge in [0.25, 0.3) is 0 Å². The van der Waals surface area contributed by atoms with Gasteiger partial charge in [-0.2, -0.15) is 0 Å². The maximum atomic E-state index is 5.45. The lowest BCUT2D eigenvalue weighted by molar-refractivity contribution is 0.598. The molecular weight excluding hydrogens is 218 g/mol. The van der Waals surface area contributed by atoms with Crippen LogP contribution in [0.4, 0.5) is 0 Å². The van der Waals surface area contributed by atoms with E-state index in [1.54, 1.807) is 17.1 Å². The molecule has 3 heterocycles. The summed E-state index contributed by atoms with van der Waals surface area (Å²) >= 11 is 0. The van der Waals surface area contributed by atoms with Crippen LogP contribution >= 0.6 is 0 Å². The number of nitrogens with one attached hydrogen (secondary N) is 1.